The summed E-state index contributed by atoms with van der Waals surface area (Å²) in [6, 6.07) is -0.628. The van der Waals surface area contributed by atoms with Crippen LogP contribution in [0.5, 0.6) is 0 Å². The number of nitrogens with one attached hydrogen (secondary N) is 1. The number of aliphatic carboxylic acids is 1. The number of hydrogen-bond donors (Lipinski definition) is 2. The molecule has 1 atom stereocenters. The molecule has 0 aliphatic rings. The maximum Gasteiger partial charge on any atom is 0.320 e. The zero-order chi connectivity index (χ0) is 12.3. The molecular formula is C10H17N3O3. The van der Waals surface area contributed by atoms with Gasteiger partial charge in [-0.05, 0) is 6.92 Å². The van der Waals surface area contributed by atoms with Gasteiger partial charge in [-0.3, -0.25) is 10.1 Å². The van der Waals surface area contributed by atoms with Gasteiger partial charge in [0.2, 0.25) is 5.89 Å². The minimum atomic E-state index is -0.903. The molecule has 0 aromatic carbocycles. The van der Waals surface area contributed by atoms with Gasteiger partial charge in [-0.25, -0.2) is 0 Å². The fourth-order valence-electron chi connectivity index (χ4n) is 0.962. The normalized spacial score (nSPS) is 13.8. The van der Waals surface area contributed by atoms with Crippen molar-refractivity contribution in [2.24, 2.45) is 0 Å². The predicted octanol–water partition coefficient (Wildman–Crippen LogP) is 0.930. The first-order valence-electron chi connectivity index (χ1n) is 5.10. The molecule has 0 unspecified atom stereocenters. The lowest BCUT2D eigenvalue weighted by Crippen LogP contribution is -2.33. The zero-order valence-corrected chi connectivity index (χ0v) is 9.94. The van der Waals surface area contributed by atoms with Crippen molar-refractivity contribution in [2.75, 3.05) is 0 Å². The van der Waals surface area contributed by atoms with Crippen LogP contribution in [0.1, 0.15) is 39.4 Å². The molecule has 0 spiro atoms. The standard InChI is InChI=1S/C10H17N3O3/c1-6(8(14)15)11-5-7-12-9(16-13-7)10(2,3)4/h6,11H,5H2,1-4H3,(H,14,15)/t6-/m1/s1. The van der Waals surface area contributed by atoms with Gasteiger partial charge in [-0.15, -0.1) is 0 Å². The Hall–Kier alpha value is -1.43. The van der Waals surface area contributed by atoms with Gasteiger partial charge in [0, 0.05) is 5.41 Å². The first kappa shape index (κ1) is 12.6. The van der Waals surface area contributed by atoms with Gasteiger partial charge in [0.15, 0.2) is 5.82 Å². The topological polar surface area (TPSA) is 88.3 Å². The van der Waals surface area contributed by atoms with Crippen molar-refractivity contribution < 1.29 is 14.4 Å². The van der Waals surface area contributed by atoms with Crippen LogP contribution in [0.2, 0.25) is 0 Å². The number of hydrogen-bond acceptors (Lipinski definition) is 5. The second-order valence-electron chi connectivity index (χ2n) is 4.71. The molecule has 6 heteroatoms. The van der Waals surface area contributed by atoms with E-state index in [1.54, 1.807) is 6.92 Å². The van der Waals surface area contributed by atoms with Crippen LogP contribution in [-0.4, -0.2) is 27.3 Å². The Bertz CT molecular complexity index is 368. The van der Waals surface area contributed by atoms with E-state index in [0.717, 1.165) is 0 Å². The third-order valence-corrected chi connectivity index (χ3v) is 2.05. The smallest absolute Gasteiger partial charge is 0.320 e. The third kappa shape index (κ3) is 3.30. The van der Waals surface area contributed by atoms with Crippen molar-refractivity contribution in [3.8, 4) is 0 Å². The van der Waals surface area contributed by atoms with Gasteiger partial charge in [-0.1, -0.05) is 25.9 Å². The largest absolute Gasteiger partial charge is 0.480 e. The molecule has 1 aromatic heterocycles. The number of carboxylic acids is 1. The van der Waals surface area contributed by atoms with Crippen LogP contribution >= 0.6 is 0 Å². The highest BCUT2D eigenvalue weighted by Gasteiger charge is 2.22. The molecule has 0 bridgehead atoms. The van der Waals surface area contributed by atoms with Crippen molar-refractivity contribution in [3.63, 3.8) is 0 Å². The Kier molecular flexibility index (Phi) is 3.64. The van der Waals surface area contributed by atoms with Crippen molar-refractivity contribution in [3.05, 3.63) is 11.7 Å². The van der Waals surface area contributed by atoms with E-state index in [2.05, 4.69) is 15.5 Å². The lowest BCUT2D eigenvalue weighted by atomic mass is 9.97. The molecule has 0 aliphatic heterocycles. The fraction of sp³-hybridized carbons (Fsp3) is 0.700. The van der Waals surface area contributed by atoms with Crippen LogP contribution < -0.4 is 5.32 Å². The second kappa shape index (κ2) is 4.61. The third-order valence-electron chi connectivity index (χ3n) is 2.05. The highest BCUT2D eigenvalue weighted by Crippen LogP contribution is 2.19. The van der Waals surface area contributed by atoms with E-state index in [9.17, 15) is 4.79 Å². The number of rotatable bonds is 4. The number of carboxylic acid groups (broad SMARTS) is 1. The number of aromatic nitrogens is 2. The Balaban J connectivity index is 2.57. The van der Waals surface area contributed by atoms with E-state index in [-0.39, 0.29) is 12.0 Å². The number of carbonyl (C=O) groups is 1. The van der Waals surface area contributed by atoms with Crippen molar-refractivity contribution in [1.82, 2.24) is 15.5 Å². The highest BCUT2D eigenvalue weighted by molar-refractivity contribution is 5.72. The van der Waals surface area contributed by atoms with Crippen molar-refractivity contribution in [2.45, 2.75) is 45.7 Å². The van der Waals surface area contributed by atoms with E-state index >= 15 is 0 Å². The van der Waals surface area contributed by atoms with E-state index in [1.165, 1.54) is 0 Å². The average Bonchev–Trinajstić information content (AvgIpc) is 2.61. The maximum absolute atomic E-state index is 10.6. The van der Waals surface area contributed by atoms with E-state index < -0.39 is 12.0 Å². The summed E-state index contributed by atoms with van der Waals surface area (Å²) in [4.78, 5) is 14.7. The molecule has 0 fully saturated rings. The lowest BCUT2D eigenvalue weighted by molar-refractivity contribution is -0.139. The summed E-state index contributed by atoms with van der Waals surface area (Å²) in [5.41, 5.74) is -0.191. The Morgan fingerprint density at radius 2 is 2.19 bits per heavy atom. The Labute approximate surface area is 94.0 Å². The van der Waals surface area contributed by atoms with Crippen LogP contribution in [0.3, 0.4) is 0 Å². The summed E-state index contributed by atoms with van der Waals surface area (Å²) in [6.45, 7) is 7.76. The molecule has 1 heterocycles. The van der Waals surface area contributed by atoms with Gasteiger partial charge >= 0.3 is 5.97 Å². The average molecular weight is 227 g/mol. The quantitative estimate of drug-likeness (QED) is 0.795. The maximum atomic E-state index is 10.6. The number of nitrogens with zero attached hydrogens (tertiary/aromatic N) is 2. The Morgan fingerprint density at radius 1 is 1.56 bits per heavy atom. The molecule has 0 aliphatic carbocycles. The van der Waals surface area contributed by atoms with Crippen LogP contribution in [0.25, 0.3) is 0 Å². The van der Waals surface area contributed by atoms with Gasteiger partial charge in [0.25, 0.3) is 0 Å². The summed E-state index contributed by atoms with van der Waals surface area (Å²) in [5.74, 6) is 0.116. The van der Waals surface area contributed by atoms with E-state index in [4.69, 9.17) is 9.63 Å². The molecule has 0 saturated heterocycles. The predicted molar refractivity (Wildman–Crippen MR) is 56.9 cm³/mol. The molecule has 0 saturated carbocycles. The summed E-state index contributed by atoms with van der Waals surface area (Å²) in [7, 11) is 0. The molecule has 0 radical (unpaired) electrons. The first-order valence-corrected chi connectivity index (χ1v) is 5.10. The second-order valence-corrected chi connectivity index (χ2v) is 4.71. The summed E-state index contributed by atoms with van der Waals surface area (Å²) < 4.78 is 5.07. The molecule has 1 rings (SSSR count). The highest BCUT2D eigenvalue weighted by atomic mass is 16.5. The van der Waals surface area contributed by atoms with Crippen molar-refractivity contribution in [1.29, 1.82) is 0 Å². The van der Waals surface area contributed by atoms with Crippen LogP contribution in [0.4, 0.5) is 0 Å². The molecule has 6 nitrogen and oxygen atoms in total. The first-order chi connectivity index (χ1) is 7.30. The van der Waals surface area contributed by atoms with Crippen LogP contribution in [0, 0.1) is 0 Å². The van der Waals surface area contributed by atoms with Crippen LogP contribution in [0.15, 0.2) is 4.52 Å². The monoisotopic (exact) mass is 227 g/mol. The van der Waals surface area contributed by atoms with Gasteiger partial charge in [0.1, 0.15) is 6.04 Å². The fourth-order valence-corrected chi connectivity index (χ4v) is 0.962. The molecule has 2 N–H and O–H groups in total. The molecule has 16 heavy (non-hydrogen) atoms. The van der Waals surface area contributed by atoms with E-state index in [0.29, 0.717) is 11.7 Å². The van der Waals surface area contributed by atoms with Crippen LogP contribution in [-0.2, 0) is 16.8 Å². The lowest BCUT2D eigenvalue weighted by Gasteiger charge is -2.10. The Morgan fingerprint density at radius 3 is 2.62 bits per heavy atom. The van der Waals surface area contributed by atoms with Crippen molar-refractivity contribution >= 4 is 5.97 Å². The molecule has 1 aromatic rings. The molecular weight excluding hydrogens is 210 g/mol. The minimum Gasteiger partial charge on any atom is -0.480 e. The summed E-state index contributed by atoms with van der Waals surface area (Å²) in [5, 5.41) is 15.2. The SMILES string of the molecule is C[C@@H](NCc1noc(C(C)(C)C)n1)C(=O)O. The van der Waals surface area contributed by atoms with Gasteiger partial charge < -0.3 is 9.63 Å². The minimum absolute atomic E-state index is 0.191. The molecule has 0 amide bonds. The summed E-state index contributed by atoms with van der Waals surface area (Å²) in [6.07, 6.45) is 0. The van der Waals surface area contributed by atoms with Gasteiger partial charge in [-0.2, -0.15) is 4.98 Å². The van der Waals surface area contributed by atoms with Gasteiger partial charge in [0.05, 0.1) is 6.54 Å². The zero-order valence-electron chi connectivity index (χ0n) is 9.94. The van der Waals surface area contributed by atoms with E-state index in [1.807, 2.05) is 20.8 Å². The molecule has 90 valence electrons. The summed E-state index contributed by atoms with van der Waals surface area (Å²) >= 11 is 0.